The summed E-state index contributed by atoms with van der Waals surface area (Å²) in [5.74, 6) is 2.14. The van der Waals surface area contributed by atoms with E-state index in [0.29, 0.717) is 28.5 Å². The zero-order valence-corrected chi connectivity index (χ0v) is 15.5. The fourth-order valence-corrected chi connectivity index (χ4v) is 2.75. The molecule has 0 unspecified atom stereocenters. The number of aromatic nitrogens is 4. The van der Waals surface area contributed by atoms with E-state index in [4.69, 9.17) is 8.83 Å². The van der Waals surface area contributed by atoms with Crippen molar-refractivity contribution in [1.29, 1.82) is 0 Å². The Labute approximate surface area is 154 Å². The highest BCUT2D eigenvalue weighted by atomic mass is 32.2. The molecule has 3 aromatic heterocycles. The van der Waals surface area contributed by atoms with Crippen LogP contribution in [0.3, 0.4) is 0 Å². The molecule has 0 spiro atoms. The molecule has 9 heteroatoms. The Balaban J connectivity index is 1.57. The smallest absolute Gasteiger partial charge is 0.287 e. The number of thioether (sulfide) groups is 1. The van der Waals surface area contributed by atoms with Crippen LogP contribution in [0.5, 0.6) is 0 Å². The van der Waals surface area contributed by atoms with Gasteiger partial charge in [0, 0.05) is 18.3 Å². The van der Waals surface area contributed by atoms with Crippen LogP contribution in [0.2, 0.25) is 0 Å². The van der Waals surface area contributed by atoms with Gasteiger partial charge < -0.3 is 14.2 Å². The largest absolute Gasteiger partial charge is 0.455 e. The Hall–Kier alpha value is -2.68. The molecule has 0 aliphatic heterocycles. The van der Waals surface area contributed by atoms with E-state index in [9.17, 15) is 4.79 Å². The Morgan fingerprint density at radius 1 is 1.12 bits per heavy atom. The number of hydrogen-bond donors (Lipinski definition) is 1. The quantitative estimate of drug-likeness (QED) is 0.496. The highest BCUT2D eigenvalue weighted by Crippen LogP contribution is 2.21. The first-order valence-corrected chi connectivity index (χ1v) is 9.14. The molecular weight excluding hydrogens is 354 g/mol. The fraction of sp³-hybridized carbons (Fsp3) is 0.353. The predicted molar refractivity (Wildman–Crippen MR) is 94.6 cm³/mol. The van der Waals surface area contributed by atoms with Crippen molar-refractivity contribution in [3.05, 3.63) is 53.9 Å². The average molecular weight is 373 g/mol. The maximum absolute atomic E-state index is 12.3. The van der Waals surface area contributed by atoms with Crippen LogP contribution in [0, 0.1) is 0 Å². The van der Waals surface area contributed by atoms with E-state index < -0.39 is 6.04 Å². The third kappa shape index (κ3) is 4.48. The molecule has 3 heterocycles. The summed E-state index contributed by atoms with van der Waals surface area (Å²) in [5, 5.41) is 11.4. The lowest BCUT2D eigenvalue weighted by Gasteiger charge is -2.08. The second-order valence-corrected chi connectivity index (χ2v) is 6.86. The standard InChI is InChI=1S/C17H19N5O3S/c1-10(2)15-21-22-16(25-15)11(3)20-14(23)13-6-5-12(24-13)9-26-17-18-7-4-8-19-17/h4-8,10-11H,9H2,1-3H3,(H,20,23)/t11-/m0/s1. The van der Waals surface area contributed by atoms with E-state index in [2.05, 4.69) is 25.5 Å². The molecule has 1 amide bonds. The summed E-state index contributed by atoms with van der Waals surface area (Å²) in [6.45, 7) is 5.70. The van der Waals surface area contributed by atoms with Gasteiger partial charge in [0.05, 0.1) is 5.75 Å². The second kappa shape index (κ2) is 8.13. The van der Waals surface area contributed by atoms with Gasteiger partial charge in [-0.1, -0.05) is 25.6 Å². The number of rotatable bonds is 7. The minimum absolute atomic E-state index is 0.137. The summed E-state index contributed by atoms with van der Waals surface area (Å²) < 4.78 is 11.1. The van der Waals surface area contributed by atoms with Gasteiger partial charge in [-0.3, -0.25) is 4.79 Å². The van der Waals surface area contributed by atoms with Crippen LogP contribution in [-0.4, -0.2) is 26.1 Å². The molecule has 3 aromatic rings. The molecule has 0 saturated heterocycles. The van der Waals surface area contributed by atoms with Crippen LogP contribution in [0.25, 0.3) is 0 Å². The maximum atomic E-state index is 12.3. The van der Waals surface area contributed by atoms with Crippen LogP contribution in [0.4, 0.5) is 0 Å². The number of hydrogen-bond acceptors (Lipinski definition) is 8. The van der Waals surface area contributed by atoms with Crippen molar-refractivity contribution in [2.75, 3.05) is 0 Å². The monoisotopic (exact) mass is 373 g/mol. The predicted octanol–water partition coefficient (Wildman–Crippen LogP) is 3.36. The second-order valence-electron chi connectivity index (χ2n) is 5.91. The lowest BCUT2D eigenvalue weighted by molar-refractivity contribution is 0.0904. The normalized spacial score (nSPS) is 12.3. The van der Waals surface area contributed by atoms with Gasteiger partial charge in [-0.25, -0.2) is 9.97 Å². The molecule has 0 saturated carbocycles. The molecule has 3 rings (SSSR count). The summed E-state index contributed by atoms with van der Waals surface area (Å²) in [4.78, 5) is 20.6. The van der Waals surface area contributed by atoms with E-state index in [0.717, 1.165) is 0 Å². The van der Waals surface area contributed by atoms with E-state index in [1.165, 1.54) is 11.8 Å². The molecule has 0 radical (unpaired) electrons. The molecule has 26 heavy (non-hydrogen) atoms. The number of nitrogens with one attached hydrogen (secondary N) is 1. The first kappa shape index (κ1) is 18.1. The maximum Gasteiger partial charge on any atom is 0.287 e. The fourth-order valence-electron chi connectivity index (χ4n) is 2.06. The Kier molecular flexibility index (Phi) is 5.67. The number of amides is 1. The van der Waals surface area contributed by atoms with Gasteiger partial charge in [0.1, 0.15) is 11.8 Å². The summed E-state index contributed by atoms with van der Waals surface area (Å²) in [6.07, 6.45) is 3.36. The minimum atomic E-state index is -0.414. The van der Waals surface area contributed by atoms with E-state index >= 15 is 0 Å². The van der Waals surface area contributed by atoms with Crippen LogP contribution in [0.1, 0.15) is 60.8 Å². The first-order valence-electron chi connectivity index (χ1n) is 8.15. The molecule has 8 nitrogen and oxygen atoms in total. The van der Waals surface area contributed by atoms with Crippen molar-refractivity contribution in [2.45, 2.75) is 43.6 Å². The van der Waals surface area contributed by atoms with Crippen LogP contribution >= 0.6 is 11.8 Å². The van der Waals surface area contributed by atoms with Gasteiger partial charge in [-0.15, -0.1) is 10.2 Å². The summed E-state index contributed by atoms with van der Waals surface area (Å²) in [7, 11) is 0. The van der Waals surface area contributed by atoms with Crippen molar-refractivity contribution in [1.82, 2.24) is 25.5 Å². The summed E-state index contributed by atoms with van der Waals surface area (Å²) in [6, 6.07) is 4.74. The molecular formula is C17H19N5O3S. The zero-order chi connectivity index (χ0) is 18.5. The molecule has 0 bridgehead atoms. The molecule has 0 aliphatic carbocycles. The van der Waals surface area contributed by atoms with Crippen molar-refractivity contribution in [3.8, 4) is 0 Å². The van der Waals surface area contributed by atoms with E-state index in [-0.39, 0.29) is 17.6 Å². The molecule has 0 aromatic carbocycles. The van der Waals surface area contributed by atoms with Crippen molar-refractivity contribution < 1.29 is 13.6 Å². The molecule has 0 fully saturated rings. The molecule has 136 valence electrons. The van der Waals surface area contributed by atoms with Crippen LogP contribution < -0.4 is 5.32 Å². The third-order valence-electron chi connectivity index (χ3n) is 3.44. The SMILES string of the molecule is CC(C)c1nnc([C@H](C)NC(=O)c2ccc(CSc3ncccn3)o2)o1. The molecule has 0 aliphatic rings. The third-order valence-corrected chi connectivity index (χ3v) is 4.34. The minimum Gasteiger partial charge on any atom is -0.455 e. The van der Waals surface area contributed by atoms with E-state index in [1.54, 1.807) is 37.5 Å². The Morgan fingerprint density at radius 3 is 2.54 bits per heavy atom. The van der Waals surface area contributed by atoms with Crippen LogP contribution in [-0.2, 0) is 5.75 Å². The Morgan fingerprint density at radius 2 is 1.85 bits per heavy atom. The van der Waals surface area contributed by atoms with Crippen molar-refractivity contribution in [3.63, 3.8) is 0 Å². The van der Waals surface area contributed by atoms with Gasteiger partial charge in [0.15, 0.2) is 10.9 Å². The number of carbonyl (C=O) groups is 1. The first-order chi connectivity index (χ1) is 12.5. The molecule has 1 atom stereocenters. The van der Waals surface area contributed by atoms with E-state index in [1.807, 2.05) is 13.8 Å². The van der Waals surface area contributed by atoms with Gasteiger partial charge in [0.2, 0.25) is 11.8 Å². The number of nitrogens with zero attached hydrogens (tertiary/aromatic N) is 4. The summed E-state index contributed by atoms with van der Waals surface area (Å²) in [5.41, 5.74) is 0. The topological polar surface area (TPSA) is 107 Å². The van der Waals surface area contributed by atoms with Gasteiger partial charge in [-0.2, -0.15) is 0 Å². The highest BCUT2D eigenvalue weighted by molar-refractivity contribution is 7.98. The summed E-state index contributed by atoms with van der Waals surface area (Å²) >= 11 is 1.43. The number of furan rings is 1. The Bertz CT molecular complexity index is 862. The lowest BCUT2D eigenvalue weighted by atomic mass is 10.2. The zero-order valence-electron chi connectivity index (χ0n) is 14.7. The van der Waals surface area contributed by atoms with Gasteiger partial charge in [0.25, 0.3) is 5.91 Å². The number of carbonyl (C=O) groups excluding carboxylic acids is 1. The van der Waals surface area contributed by atoms with Gasteiger partial charge in [-0.05, 0) is 25.1 Å². The lowest BCUT2D eigenvalue weighted by Crippen LogP contribution is -2.26. The van der Waals surface area contributed by atoms with Gasteiger partial charge >= 0.3 is 0 Å². The van der Waals surface area contributed by atoms with Crippen molar-refractivity contribution >= 4 is 17.7 Å². The molecule has 1 N–H and O–H groups in total. The van der Waals surface area contributed by atoms with Crippen molar-refractivity contribution in [2.24, 2.45) is 0 Å². The van der Waals surface area contributed by atoms with Crippen LogP contribution in [0.15, 0.2) is 44.6 Å². The highest BCUT2D eigenvalue weighted by Gasteiger charge is 2.20. The average Bonchev–Trinajstić information content (AvgIpc) is 3.30.